The molecule has 3 heteroatoms. The Morgan fingerprint density at radius 3 is 2.95 bits per heavy atom. The molecule has 1 aliphatic heterocycles. The van der Waals surface area contributed by atoms with Crippen molar-refractivity contribution in [1.29, 1.82) is 0 Å². The lowest BCUT2D eigenvalue weighted by molar-refractivity contribution is 0.202. The molecule has 0 amide bonds. The van der Waals surface area contributed by atoms with Gasteiger partial charge in [-0.15, -0.1) is 0 Å². The minimum atomic E-state index is 0.314. The van der Waals surface area contributed by atoms with E-state index in [1.165, 1.54) is 24.8 Å². The van der Waals surface area contributed by atoms with Gasteiger partial charge in [-0.3, -0.25) is 0 Å². The van der Waals surface area contributed by atoms with Crippen LogP contribution in [0.4, 0.5) is 5.69 Å². The van der Waals surface area contributed by atoms with E-state index >= 15 is 0 Å². The summed E-state index contributed by atoms with van der Waals surface area (Å²) in [5, 5.41) is 6.99. The molecule has 1 unspecified atom stereocenters. The van der Waals surface area contributed by atoms with Crippen molar-refractivity contribution in [3.05, 3.63) is 23.8 Å². The molecule has 1 heterocycles. The van der Waals surface area contributed by atoms with Gasteiger partial charge in [0.1, 0.15) is 11.9 Å². The number of nitrogens with one attached hydrogen (secondary N) is 2. The van der Waals surface area contributed by atoms with Gasteiger partial charge in [-0.1, -0.05) is 32.8 Å². The van der Waals surface area contributed by atoms with Gasteiger partial charge < -0.3 is 15.4 Å². The first-order valence-corrected chi connectivity index (χ1v) is 8.07. The third kappa shape index (κ3) is 4.41. The smallest absolute Gasteiger partial charge is 0.142 e. The van der Waals surface area contributed by atoms with Gasteiger partial charge in [-0.25, -0.2) is 0 Å². The minimum absolute atomic E-state index is 0.314. The standard InChI is InChI=1S/C17H28N2O/c1-3-5-6-10-18-11-9-14-7-8-17-16(12-14)19-13-15(4-2)20-17/h7-8,12,15,18-19H,3-6,9-11,13H2,1-2H3. The van der Waals surface area contributed by atoms with Crippen molar-refractivity contribution in [3.63, 3.8) is 0 Å². The Labute approximate surface area is 123 Å². The van der Waals surface area contributed by atoms with Gasteiger partial charge in [0, 0.05) is 0 Å². The molecule has 0 aliphatic carbocycles. The van der Waals surface area contributed by atoms with Crippen molar-refractivity contribution in [2.24, 2.45) is 0 Å². The number of hydrogen-bond acceptors (Lipinski definition) is 3. The molecule has 0 radical (unpaired) electrons. The highest BCUT2D eigenvalue weighted by Gasteiger charge is 2.17. The maximum Gasteiger partial charge on any atom is 0.142 e. The molecular weight excluding hydrogens is 248 g/mol. The predicted octanol–water partition coefficient (Wildman–Crippen LogP) is 3.59. The number of ether oxygens (including phenoxy) is 1. The number of fused-ring (bicyclic) bond motifs is 1. The Morgan fingerprint density at radius 1 is 1.25 bits per heavy atom. The Morgan fingerprint density at radius 2 is 2.15 bits per heavy atom. The van der Waals surface area contributed by atoms with E-state index in [9.17, 15) is 0 Å². The maximum atomic E-state index is 5.93. The molecule has 2 N–H and O–H groups in total. The van der Waals surface area contributed by atoms with Crippen LogP contribution in [0.1, 0.15) is 45.1 Å². The summed E-state index contributed by atoms with van der Waals surface area (Å²) in [6.45, 7) is 7.52. The van der Waals surface area contributed by atoms with Crippen LogP contribution in [-0.2, 0) is 6.42 Å². The van der Waals surface area contributed by atoms with E-state index in [0.29, 0.717) is 6.10 Å². The van der Waals surface area contributed by atoms with Gasteiger partial charge in [-0.2, -0.15) is 0 Å². The fourth-order valence-electron chi connectivity index (χ4n) is 2.50. The molecule has 2 rings (SSSR count). The van der Waals surface area contributed by atoms with Crippen LogP contribution in [0.3, 0.4) is 0 Å². The molecular formula is C17H28N2O. The summed E-state index contributed by atoms with van der Waals surface area (Å²) < 4.78 is 5.93. The molecule has 0 aromatic heterocycles. The third-order valence-corrected chi connectivity index (χ3v) is 3.86. The van der Waals surface area contributed by atoms with Crippen LogP contribution in [0, 0.1) is 0 Å². The van der Waals surface area contributed by atoms with Gasteiger partial charge >= 0.3 is 0 Å². The van der Waals surface area contributed by atoms with Crippen molar-refractivity contribution in [2.45, 2.75) is 52.1 Å². The summed E-state index contributed by atoms with van der Waals surface area (Å²) in [6, 6.07) is 6.53. The molecule has 1 aromatic rings. The molecule has 0 spiro atoms. The molecule has 112 valence electrons. The molecule has 0 saturated heterocycles. The summed E-state index contributed by atoms with van der Waals surface area (Å²) in [6.07, 6.45) is 6.35. The molecule has 1 atom stereocenters. The van der Waals surface area contributed by atoms with E-state index in [2.05, 4.69) is 42.7 Å². The molecule has 1 aliphatic rings. The van der Waals surface area contributed by atoms with Crippen molar-refractivity contribution in [3.8, 4) is 5.75 Å². The van der Waals surface area contributed by atoms with Crippen molar-refractivity contribution < 1.29 is 4.74 Å². The fraction of sp³-hybridized carbons (Fsp3) is 0.647. The van der Waals surface area contributed by atoms with Crippen LogP contribution in [-0.4, -0.2) is 25.7 Å². The van der Waals surface area contributed by atoms with E-state index < -0.39 is 0 Å². The van der Waals surface area contributed by atoms with Gasteiger partial charge in [-0.05, 0) is 50.0 Å². The summed E-state index contributed by atoms with van der Waals surface area (Å²) in [7, 11) is 0. The van der Waals surface area contributed by atoms with Crippen LogP contribution in [0.15, 0.2) is 18.2 Å². The van der Waals surface area contributed by atoms with Gasteiger partial charge in [0.05, 0.1) is 12.2 Å². The lowest BCUT2D eigenvalue weighted by Gasteiger charge is -2.27. The monoisotopic (exact) mass is 276 g/mol. The third-order valence-electron chi connectivity index (χ3n) is 3.86. The molecule has 3 nitrogen and oxygen atoms in total. The zero-order valence-electron chi connectivity index (χ0n) is 12.9. The number of rotatable bonds is 8. The van der Waals surface area contributed by atoms with Gasteiger partial charge in [0.2, 0.25) is 0 Å². The van der Waals surface area contributed by atoms with Crippen LogP contribution < -0.4 is 15.4 Å². The summed E-state index contributed by atoms with van der Waals surface area (Å²) in [5.74, 6) is 1.00. The van der Waals surface area contributed by atoms with Crippen LogP contribution in [0.2, 0.25) is 0 Å². The van der Waals surface area contributed by atoms with E-state index in [1.54, 1.807) is 0 Å². The Bertz CT molecular complexity index is 406. The van der Waals surface area contributed by atoms with Crippen LogP contribution >= 0.6 is 0 Å². The second kappa shape index (κ2) is 8.15. The Balaban J connectivity index is 1.77. The van der Waals surface area contributed by atoms with Gasteiger partial charge in [0.25, 0.3) is 0 Å². The average molecular weight is 276 g/mol. The molecule has 0 saturated carbocycles. The number of unbranched alkanes of at least 4 members (excludes halogenated alkanes) is 2. The number of anilines is 1. The van der Waals surface area contributed by atoms with E-state index in [0.717, 1.165) is 43.9 Å². The first-order valence-electron chi connectivity index (χ1n) is 8.07. The first kappa shape index (κ1) is 15.2. The number of benzene rings is 1. The number of hydrogen-bond donors (Lipinski definition) is 2. The zero-order valence-corrected chi connectivity index (χ0v) is 12.9. The van der Waals surface area contributed by atoms with Crippen LogP contribution in [0.25, 0.3) is 0 Å². The molecule has 0 fully saturated rings. The van der Waals surface area contributed by atoms with E-state index in [-0.39, 0.29) is 0 Å². The fourth-order valence-corrected chi connectivity index (χ4v) is 2.50. The highest BCUT2D eigenvalue weighted by atomic mass is 16.5. The Hall–Kier alpha value is -1.22. The SMILES string of the molecule is CCCCCNCCc1ccc2c(c1)NCC(CC)O2. The lowest BCUT2D eigenvalue weighted by Crippen LogP contribution is -2.30. The quantitative estimate of drug-likeness (QED) is 0.712. The first-order chi connectivity index (χ1) is 9.83. The second-order valence-corrected chi connectivity index (χ2v) is 5.57. The van der Waals surface area contributed by atoms with Crippen molar-refractivity contribution in [2.75, 3.05) is 25.0 Å². The van der Waals surface area contributed by atoms with Crippen molar-refractivity contribution in [1.82, 2.24) is 5.32 Å². The Kier molecular flexibility index (Phi) is 6.19. The minimum Gasteiger partial charge on any atom is -0.486 e. The molecule has 1 aromatic carbocycles. The summed E-state index contributed by atoms with van der Waals surface area (Å²) >= 11 is 0. The largest absolute Gasteiger partial charge is 0.486 e. The lowest BCUT2D eigenvalue weighted by atomic mass is 10.1. The van der Waals surface area contributed by atoms with Gasteiger partial charge in [0.15, 0.2) is 0 Å². The zero-order chi connectivity index (χ0) is 14.2. The highest BCUT2D eigenvalue weighted by molar-refractivity contribution is 5.59. The van der Waals surface area contributed by atoms with Crippen LogP contribution in [0.5, 0.6) is 5.75 Å². The molecule has 0 bridgehead atoms. The maximum absolute atomic E-state index is 5.93. The van der Waals surface area contributed by atoms with E-state index in [4.69, 9.17) is 4.74 Å². The topological polar surface area (TPSA) is 33.3 Å². The average Bonchev–Trinajstić information content (AvgIpc) is 2.50. The normalized spacial score (nSPS) is 17.2. The second-order valence-electron chi connectivity index (χ2n) is 5.57. The highest BCUT2D eigenvalue weighted by Crippen LogP contribution is 2.30. The van der Waals surface area contributed by atoms with E-state index in [1.807, 2.05) is 0 Å². The summed E-state index contributed by atoms with van der Waals surface area (Å²) in [5.41, 5.74) is 2.52. The molecule has 20 heavy (non-hydrogen) atoms. The summed E-state index contributed by atoms with van der Waals surface area (Å²) in [4.78, 5) is 0. The predicted molar refractivity (Wildman–Crippen MR) is 85.7 cm³/mol. The van der Waals surface area contributed by atoms with Crippen molar-refractivity contribution >= 4 is 5.69 Å².